The Kier molecular flexibility index (Phi) is 4.70. The summed E-state index contributed by atoms with van der Waals surface area (Å²) in [6, 6.07) is 10.7. The average Bonchev–Trinajstić information content (AvgIpc) is 2.83. The molecule has 1 aromatic heterocycles. The van der Waals surface area contributed by atoms with Gasteiger partial charge in [0.05, 0.1) is 0 Å². The number of anilines is 1. The second-order valence-electron chi connectivity index (χ2n) is 5.25. The molecule has 4 nitrogen and oxygen atoms in total. The lowest BCUT2D eigenvalue weighted by atomic mass is 10.2. The summed E-state index contributed by atoms with van der Waals surface area (Å²) in [6.07, 6.45) is 0. The molecule has 1 heterocycles. The van der Waals surface area contributed by atoms with Crippen molar-refractivity contribution in [1.82, 2.24) is 4.31 Å². The van der Waals surface area contributed by atoms with Gasteiger partial charge in [-0.2, -0.15) is 4.31 Å². The summed E-state index contributed by atoms with van der Waals surface area (Å²) in [6.45, 7) is 5.98. The van der Waals surface area contributed by atoms with Crippen molar-refractivity contribution in [2.45, 2.75) is 37.6 Å². The molecule has 2 aromatic rings. The Balaban J connectivity index is 2.35. The van der Waals surface area contributed by atoms with Gasteiger partial charge in [0.25, 0.3) is 10.0 Å². The first kappa shape index (κ1) is 16.0. The highest BCUT2D eigenvalue weighted by molar-refractivity contribution is 7.91. The molecule has 0 unspecified atom stereocenters. The van der Waals surface area contributed by atoms with Gasteiger partial charge in [0.15, 0.2) is 0 Å². The molecular formula is C15H20N2O2S2. The molecule has 114 valence electrons. The SMILES string of the molecule is Cc1ccc(S(=O)(=O)N(Cc2cccc(N)c2)C(C)C)s1. The normalized spacial score (nSPS) is 12.2. The van der Waals surface area contributed by atoms with E-state index in [9.17, 15) is 8.42 Å². The molecule has 1 aromatic carbocycles. The summed E-state index contributed by atoms with van der Waals surface area (Å²) in [5.41, 5.74) is 7.30. The highest BCUT2D eigenvalue weighted by Gasteiger charge is 2.28. The third-order valence-corrected chi connectivity index (χ3v) is 6.63. The lowest BCUT2D eigenvalue weighted by Crippen LogP contribution is -2.36. The van der Waals surface area contributed by atoms with Crippen LogP contribution in [0, 0.1) is 6.92 Å². The predicted octanol–water partition coefficient (Wildman–Crippen LogP) is 3.24. The number of nitrogens with zero attached hydrogens (tertiary/aromatic N) is 1. The molecule has 2 N–H and O–H groups in total. The van der Waals surface area contributed by atoms with Crippen LogP contribution in [0.3, 0.4) is 0 Å². The van der Waals surface area contributed by atoms with Crippen LogP contribution in [0.25, 0.3) is 0 Å². The number of hydrogen-bond acceptors (Lipinski definition) is 4. The molecule has 0 fully saturated rings. The van der Waals surface area contributed by atoms with Crippen molar-refractivity contribution in [3.8, 4) is 0 Å². The summed E-state index contributed by atoms with van der Waals surface area (Å²) < 4.78 is 27.5. The van der Waals surface area contributed by atoms with Crippen molar-refractivity contribution >= 4 is 27.0 Å². The number of nitrogen functional groups attached to an aromatic ring is 1. The van der Waals surface area contributed by atoms with Crippen LogP contribution in [0.1, 0.15) is 24.3 Å². The van der Waals surface area contributed by atoms with Crippen LogP contribution in [0.2, 0.25) is 0 Å². The highest BCUT2D eigenvalue weighted by Crippen LogP contribution is 2.27. The third-order valence-electron chi connectivity index (χ3n) is 3.14. The van der Waals surface area contributed by atoms with Crippen LogP contribution in [0.15, 0.2) is 40.6 Å². The molecule has 2 rings (SSSR count). The third kappa shape index (κ3) is 3.64. The molecule has 0 aliphatic carbocycles. The van der Waals surface area contributed by atoms with Crippen LogP contribution in [0.4, 0.5) is 5.69 Å². The van der Waals surface area contributed by atoms with E-state index in [0.29, 0.717) is 16.4 Å². The van der Waals surface area contributed by atoms with E-state index in [1.54, 1.807) is 12.1 Å². The van der Waals surface area contributed by atoms with Gasteiger partial charge in [-0.05, 0) is 50.6 Å². The van der Waals surface area contributed by atoms with Crippen LogP contribution < -0.4 is 5.73 Å². The molecule has 0 amide bonds. The number of nitrogens with two attached hydrogens (primary N) is 1. The minimum Gasteiger partial charge on any atom is -0.399 e. The van der Waals surface area contributed by atoms with Crippen molar-refractivity contribution in [1.29, 1.82) is 0 Å². The van der Waals surface area contributed by atoms with Crippen molar-refractivity contribution in [3.63, 3.8) is 0 Å². The lowest BCUT2D eigenvalue weighted by Gasteiger charge is -2.25. The zero-order valence-electron chi connectivity index (χ0n) is 12.4. The Morgan fingerprint density at radius 1 is 1.24 bits per heavy atom. The van der Waals surface area contributed by atoms with Crippen molar-refractivity contribution in [2.75, 3.05) is 5.73 Å². The smallest absolute Gasteiger partial charge is 0.253 e. The van der Waals surface area contributed by atoms with Gasteiger partial charge in [0.1, 0.15) is 4.21 Å². The van der Waals surface area contributed by atoms with Crippen LogP contribution >= 0.6 is 11.3 Å². The summed E-state index contributed by atoms with van der Waals surface area (Å²) >= 11 is 1.30. The number of rotatable bonds is 5. The van der Waals surface area contributed by atoms with Gasteiger partial charge < -0.3 is 5.73 Å². The second-order valence-corrected chi connectivity index (χ2v) is 8.66. The monoisotopic (exact) mass is 324 g/mol. The minimum absolute atomic E-state index is 0.126. The summed E-state index contributed by atoms with van der Waals surface area (Å²) in [5, 5.41) is 0. The maximum absolute atomic E-state index is 12.8. The van der Waals surface area contributed by atoms with E-state index in [2.05, 4.69) is 0 Å². The maximum atomic E-state index is 12.8. The molecule has 0 aliphatic rings. The summed E-state index contributed by atoms with van der Waals surface area (Å²) in [5.74, 6) is 0. The summed E-state index contributed by atoms with van der Waals surface area (Å²) in [4.78, 5) is 0.987. The molecule has 0 atom stereocenters. The van der Waals surface area contributed by atoms with E-state index < -0.39 is 10.0 Å². The Morgan fingerprint density at radius 2 is 1.95 bits per heavy atom. The van der Waals surface area contributed by atoms with Crippen molar-refractivity contribution in [2.24, 2.45) is 0 Å². The van der Waals surface area contributed by atoms with Gasteiger partial charge in [0, 0.05) is 23.2 Å². The standard InChI is InChI=1S/C15H20N2O2S2/c1-11(2)17(10-13-5-4-6-14(16)9-13)21(18,19)15-8-7-12(3)20-15/h4-9,11H,10,16H2,1-3H3. The van der Waals surface area contributed by atoms with Gasteiger partial charge in [-0.1, -0.05) is 12.1 Å². The maximum Gasteiger partial charge on any atom is 0.253 e. The van der Waals surface area contributed by atoms with Crippen molar-refractivity contribution < 1.29 is 8.42 Å². The van der Waals surface area contributed by atoms with E-state index >= 15 is 0 Å². The molecule has 6 heteroatoms. The van der Waals surface area contributed by atoms with Gasteiger partial charge in [-0.3, -0.25) is 0 Å². The Morgan fingerprint density at radius 3 is 2.48 bits per heavy atom. The zero-order chi connectivity index (χ0) is 15.6. The first-order chi connectivity index (χ1) is 9.80. The van der Waals surface area contributed by atoms with E-state index in [0.717, 1.165) is 10.4 Å². The average molecular weight is 324 g/mol. The topological polar surface area (TPSA) is 63.4 Å². The first-order valence-electron chi connectivity index (χ1n) is 6.73. The summed E-state index contributed by atoms with van der Waals surface area (Å²) in [7, 11) is -3.48. The largest absolute Gasteiger partial charge is 0.399 e. The molecule has 0 radical (unpaired) electrons. The van der Waals surface area contributed by atoms with E-state index in [-0.39, 0.29) is 6.04 Å². The zero-order valence-corrected chi connectivity index (χ0v) is 14.0. The van der Waals surface area contributed by atoms with Crippen LogP contribution in [-0.2, 0) is 16.6 Å². The predicted molar refractivity (Wildman–Crippen MR) is 87.8 cm³/mol. The number of sulfonamides is 1. The fourth-order valence-electron chi connectivity index (χ4n) is 2.08. The Bertz CT molecular complexity index is 721. The van der Waals surface area contributed by atoms with Crippen LogP contribution in [0.5, 0.6) is 0 Å². The first-order valence-corrected chi connectivity index (χ1v) is 8.99. The fraction of sp³-hybridized carbons (Fsp3) is 0.333. The Hall–Kier alpha value is -1.37. The highest BCUT2D eigenvalue weighted by atomic mass is 32.2. The molecule has 0 saturated heterocycles. The molecular weight excluding hydrogens is 304 g/mol. The quantitative estimate of drug-likeness (QED) is 0.859. The van der Waals surface area contributed by atoms with Gasteiger partial charge in [-0.25, -0.2) is 8.42 Å². The Labute approximate surface area is 130 Å². The van der Waals surface area contributed by atoms with Crippen molar-refractivity contribution in [3.05, 3.63) is 46.8 Å². The number of thiophene rings is 1. The number of aryl methyl sites for hydroxylation is 1. The minimum atomic E-state index is -3.48. The van der Waals surface area contributed by atoms with Crippen LogP contribution in [-0.4, -0.2) is 18.8 Å². The lowest BCUT2D eigenvalue weighted by molar-refractivity contribution is 0.349. The number of benzene rings is 1. The number of hydrogen-bond donors (Lipinski definition) is 1. The fourth-order valence-corrected chi connectivity index (χ4v) is 5.12. The van der Waals surface area contributed by atoms with Gasteiger partial charge in [-0.15, -0.1) is 11.3 Å². The van der Waals surface area contributed by atoms with E-state index in [4.69, 9.17) is 5.73 Å². The molecule has 0 aliphatic heterocycles. The van der Waals surface area contributed by atoms with E-state index in [1.807, 2.05) is 45.0 Å². The second kappa shape index (κ2) is 6.17. The van der Waals surface area contributed by atoms with Gasteiger partial charge >= 0.3 is 0 Å². The molecule has 0 spiro atoms. The van der Waals surface area contributed by atoms with Gasteiger partial charge in [0.2, 0.25) is 0 Å². The molecule has 21 heavy (non-hydrogen) atoms. The van der Waals surface area contributed by atoms with E-state index in [1.165, 1.54) is 15.6 Å². The molecule has 0 bridgehead atoms. The molecule has 0 saturated carbocycles.